The van der Waals surface area contributed by atoms with Crippen LogP contribution in [-0.2, 0) is 13.1 Å². The lowest BCUT2D eigenvalue weighted by Gasteiger charge is -2.31. The Labute approximate surface area is 152 Å². The van der Waals surface area contributed by atoms with Crippen LogP contribution in [0.4, 0.5) is 0 Å². The molecule has 1 aliphatic heterocycles. The maximum atomic E-state index is 12.3. The Morgan fingerprint density at radius 1 is 1.27 bits per heavy atom. The first-order valence-corrected chi connectivity index (χ1v) is 9.45. The van der Waals surface area contributed by atoms with Crippen LogP contribution in [0.2, 0.25) is 0 Å². The summed E-state index contributed by atoms with van der Waals surface area (Å²) in [5, 5.41) is 7.44. The minimum Gasteiger partial charge on any atom is -0.299 e. The number of fused-ring (bicyclic) bond motifs is 1. The fourth-order valence-corrected chi connectivity index (χ4v) is 3.82. The average Bonchev–Trinajstić information content (AvgIpc) is 3.22. The number of hydrogen-bond donors (Lipinski definition) is 1. The van der Waals surface area contributed by atoms with E-state index in [4.69, 9.17) is 4.98 Å². The predicted octanol–water partition coefficient (Wildman–Crippen LogP) is 2.32. The summed E-state index contributed by atoms with van der Waals surface area (Å²) in [7, 11) is 0. The number of aromatic amines is 1. The van der Waals surface area contributed by atoms with Crippen molar-refractivity contribution in [1.82, 2.24) is 29.3 Å². The van der Waals surface area contributed by atoms with E-state index in [-0.39, 0.29) is 5.56 Å². The van der Waals surface area contributed by atoms with E-state index in [9.17, 15) is 4.79 Å². The van der Waals surface area contributed by atoms with Crippen molar-refractivity contribution in [3.63, 3.8) is 0 Å². The van der Waals surface area contributed by atoms with Crippen molar-refractivity contribution < 1.29 is 0 Å². The van der Waals surface area contributed by atoms with E-state index in [1.807, 2.05) is 23.9 Å². The van der Waals surface area contributed by atoms with Crippen molar-refractivity contribution >= 4 is 5.65 Å². The summed E-state index contributed by atoms with van der Waals surface area (Å²) in [5.74, 6) is 0.363. The van der Waals surface area contributed by atoms with Crippen LogP contribution in [0.25, 0.3) is 5.65 Å². The number of nitrogens with zero attached hydrogens (tertiary/aromatic N) is 5. The molecule has 0 amide bonds. The minimum atomic E-state index is -0.0242. The van der Waals surface area contributed by atoms with Gasteiger partial charge < -0.3 is 0 Å². The Morgan fingerprint density at radius 3 is 2.85 bits per heavy atom. The van der Waals surface area contributed by atoms with Crippen molar-refractivity contribution in [3.05, 3.63) is 51.8 Å². The van der Waals surface area contributed by atoms with Gasteiger partial charge in [0.25, 0.3) is 5.56 Å². The Kier molecular flexibility index (Phi) is 4.63. The van der Waals surface area contributed by atoms with Crippen LogP contribution in [-0.4, -0.2) is 42.4 Å². The number of aryl methyl sites for hydroxylation is 2. The number of rotatable bonds is 5. The summed E-state index contributed by atoms with van der Waals surface area (Å²) >= 11 is 0. The molecule has 1 saturated heterocycles. The molecule has 1 fully saturated rings. The van der Waals surface area contributed by atoms with Gasteiger partial charge in [0.2, 0.25) is 0 Å². The smallest absolute Gasteiger partial charge is 0.272 e. The fourth-order valence-electron chi connectivity index (χ4n) is 3.82. The van der Waals surface area contributed by atoms with Crippen molar-refractivity contribution in [2.45, 2.75) is 52.1 Å². The second-order valence-corrected chi connectivity index (χ2v) is 7.31. The molecule has 3 aromatic rings. The van der Waals surface area contributed by atoms with Crippen LogP contribution in [0, 0.1) is 6.92 Å². The first kappa shape index (κ1) is 17.0. The maximum Gasteiger partial charge on any atom is 0.272 e. The van der Waals surface area contributed by atoms with Crippen LogP contribution in [0.15, 0.2) is 29.3 Å². The van der Waals surface area contributed by atoms with E-state index >= 15 is 0 Å². The molecule has 26 heavy (non-hydrogen) atoms. The first-order valence-electron chi connectivity index (χ1n) is 9.45. The lowest BCUT2D eigenvalue weighted by atomic mass is 9.93. The van der Waals surface area contributed by atoms with Gasteiger partial charge in [0.15, 0.2) is 5.65 Å². The van der Waals surface area contributed by atoms with Crippen LogP contribution < -0.4 is 5.56 Å². The van der Waals surface area contributed by atoms with E-state index in [2.05, 4.69) is 28.2 Å². The molecule has 1 N–H and O–H groups in total. The van der Waals surface area contributed by atoms with Crippen LogP contribution in [0.5, 0.6) is 0 Å². The molecule has 0 aromatic carbocycles. The van der Waals surface area contributed by atoms with E-state index < -0.39 is 0 Å². The largest absolute Gasteiger partial charge is 0.299 e. The molecule has 3 aromatic heterocycles. The highest BCUT2D eigenvalue weighted by Gasteiger charge is 2.23. The standard InChI is InChI=1S/C19H26N6O/c1-3-6-24-13-15(11-20-24)12-23-7-4-16(5-8-23)17-10-19(26)25-18(21-17)9-14(2)22-25/h9-11,13,16,22H,3-8,12H2,1-2H3. The average molecular weight is 354 g/mol. The van der Waals surface area contributed by atoms with Gasteiger partial charge in [-0.25, -0.2) is 9.50 Å². The summed E-state index contributed by atoms with van der Waals surface area (Å²) in [6, 6.07) is 3.62. The molecular formula is C19H26N6O. The SMILES string of the molecule is CCCn1cc(CN2CCC(c3cc(=O)n4[nH]c(C)cc4n3)CC2)cn1. The molecule has 0 radical (unpaired) electrons. The maximum absolute atomic E-state index is 12.3. The quantitative estimate of drug-likeness (QED) is 0.763. The third-order valence-corrected chi connectivity index (χ3v) is 5.15. The van der Waals surface area contributed by atoms with Gasteiger partial charge in [-0.3, -0.25) is 19.5 Å². The third-order valence-electron chi connectivity index (χ3n) is 5.15. The van der Waals surface area contributed by atoms with Crippen molar-refractivity contribution in [3.8, 4) is 0 Å². The number of aromatic nitrogens is 5. The van der Waals surface area contributed by atoms with Crippen LogP contribution in [0.1, 0.15) is 49.1 Å². The molecular weight excluding hydrogens is 328 g/mol. The zero-order valence-corrected chi connectivity index (χ0v) is 15.5. The van der Waals surface area contributed by atoms with Gasteiger partial charge in [0, 0.05) is 48.6 Å². The van der Waals surface area contributed by atoms with E-state index in [0.29, 0.717) is 5.92 Å². The summed E-state index contributed by atoms with van der Waals surface area (Å²) in [6.45, 7) is 8.08. The molecule has 0 aliphatic carbocycles. The van der Waals surface area contributed by atoms with Gasteiger partial charge in [-0.15, -0.1) is 0 Å². The monoisotopic (exact) mass is 354 g/mol. The lowest BCUT2D eigenvalue weighted by molar-refractivity contribution is 0.203. The highest BCUT2D eigenvalue weighted by atomic mass is 16.1. The summed E-state index contributed by atoms with van der Waals surface area (Å²) in [5.41, 5.74) is 3.85. The molecule has 0 unspecified atom stereocenters. The molecule has 0 atom stereocenters. The second kappa shape index (κ2) is 7.07. The molecule has 0 spiro atoms. The number of H-pyrrole nitrogens is 1. The minimum absolute atomic E-state index is 0.0242. The Morgan fingerprint density at radius 2 is 2.08 bits per heavy atom. The number of likely N-dealkylation sites (tertiary alicyclic amines) is 1. The van der Waals surface area contributed by atoms with Crippen LogP contribution >= 0.6 is 0 Å². The van der Waals surface area contributed by atoms with Crippen LogP contribution in [0.3, 0.4) is 0 Å². The van der Waals surface area contributed by atoms with E-state index in [1.165, 1.54) is 10.1 Å². The molecule has 4 heterocycles. The van der Waals surface area contributed by atoms with Crippen molar-refractivity contribution in [2.24, 2.45) is 0 Å². The number of nitrogens with one attached hydrogen (secondary N) is 1. The van der Waals surface area contributed by atoms with Gasteiger partial charge in [-0.05, 0) is 39.3 Å². The van der Waals surface area contributed by atoms with Gasteiger partial charge in [-0.2, -0.15) is 5.10 Å². The second-order valence-electron chi connectivity index (χ2n) is 7.31. The Bertz CT molecular complexity index is 944. The van der Waals surface area contributed by atoms with E-state index in [1.54, 1.807) is 6.07 Å². The Hall–Kier alpha value is -2.41. The predicted molar refractivity (Wildman–Crippen MR) is 100 cm³/mol. The normalized spacial score (nSPS) is 16.5. The molecule has 0 saturated carbocycles. The van der Waals surface area contributed by atoms with Crippen molar-refractivity contribution in [2.75, 3.05) is 13.1 Å². The van der Waals surface area contributed by atoms with Gasteiger partial charge >= 0.3 is 0 Å². The first-order chi connectivity index (χ1) is 12.6. The molecule has 1 aliphatic rings. The Balaban J connectivity index is 1.40. The van der Waals surface area contributed by atoms with E-state index in [0.717, 1.165) is 62.5 Å². The zero-order chi connectivity index (χ0) is 18.1. The van der Waals surface area contributed by atoms with Crippen molar-refractivity contribution in [1.29, 1.82) is 0 Å². The highest BCUT2D eigenvalue weighted by molar-refractivity contribution is 5.39. The molecule has 4 rings (SSSR count). The molecule has 7 nitrogen and oxygen atoms in total. The van der Waals surface area contributed by atoms with Gasteiger partial charge in [0.1, 0.15) is 0 Å². The number of hydrogen-bond acceptors (Lipinski definition) is 4. The number of piperidine rings is 1. The van der Waals surface area contributed by atoms with Gasteiger partial charge in [-0.1, -0.05) is 6.92 Å². The lowest BCUT2D eigenvalue weighted by Crippen LogP contribution is -2.33. The zero-order valence-electron chi connectivity index (χ0n) is 15.5. The van der Waals surface area contributed by atoms with Gasteiger partial charge in [0.05, 0.1) is 11.9 Å². The molecule has 7 heteroatoms. The summed E-state index contributed by atoms with van der Waals surface area (Å²) in [6.07, 6.45) is 7.31. The highest BCUT2D eigenvalue weighted by Crippen LogP contribution is 2.27. The topological polar surface area (TPSA) is 71.2 Å². The molecule has 138 valence electrons. The molecule has 0 bridgehead atoms. The fraction of sp³-hybridized carbons (Fsp3) is 0.526. The summed E-state index contributed by atoms with van der Waals surface area (Å²) < 4.78 is 3.54. The summed E-state index contributed by atoms with van der Waals surface area (Å²) in [4.78, 5) is 19.5. The third kappa shape index (κ3) is 3.44.